The van der Waals surface area contributed by atoms with Gasteiger partial charge < -0.3 is 4.74 Å². The zero-order valence-corrected chi connectivity index (χ0v) is 14.2. The third-order valence-corrected chi connectivity index (χ3v) is 3.49. The van der Waals surface area contributed by atoms with Crippen molar-refractivity contribution in [3.8, 4) is 11.8 Å². The molecule has 5 heteroatoms. The van der Waals surface area contributed by atoms with Crippen molar-refractivity contribution in [2.75, 3.05) is 5.33 Å². The van der Waals surface area contributed by atoms with E-state index in [2.05, 4.69) is 27.8 Å². The first-order valence-corrected chi connectivity index (χ1v) is 8.68. The van der Waals surface area contributed by atoms with E-state index in [4.69, 9.17) is 4.74 Å². The third kappa shape index (κ3) is 12.5. The van der Waals surface area contributed by atoms with Gasteiger partial charge in [-0.1, -0.05) is 46.0 Å². The maximum atomic E-state index is 11.5. The van der Waals surface area contributed by atoms with Crippen molar-refractivity contribution >= 4 is 57.4 Å². The fraction of sp³-hybridized carbons (Fsp3) is 0.444. The number of carbonyl (C=O) groups is 2. The normalized spacial score (nSPS) is 9.26. The summed E-state index contributed by atoms with van der Waals surface area (Å²) in [5.74, 6) is 5.29. The van der Waals surface area contributed by atoms with Crippen LogP contribution in [0.3, 0.4) is 0 Å². The number of rotatable bonds is 8. The number of unbranched alkanes of at least 4 members (excludes halogenated alkanes) is 3. The van der Waals surface area contributed by atoms with Gasteiger partial charge in [0, 0.05) is 30.2 Å². The van der Waals surface area contributed by atoms with E-state index in [9.17, 15) is 9.59 Å². The number of esters is 2. The van der Waals surface area contributed by atoms with Gasteiger partial charge in [-0.3, -0.25) is 9.59 Å². The van der Waals surface area contributed by atoms with Crippen LogP contribution in [0.5, 0.6) is 0 Å². The van der Waals surface area contributed by atoms with E-state index in [0.29, 0.717) is 12.8 Å². The van der Waals surface area contributed by atoms with Crippen LogP contribution in [0.25, 0.3) is 0 Å². The molecule has 0 aliphatic carbocycles. The second-order valence-electron chi connectivity index (χ2n) is 4.87. The van der Waals surface area contributed by atoms with Gasteiger partial charge in [-0.2, -0.15) is 0 Å². The Kier molecular flexibility index (Phi) is 14.6. The number of hydrogen-bond acceptors (Lipinski definition) is 3. The molecule has 3 nitrogen and oxygen atoms in total. The van der Waals surface area contributed by atoms with Crippen molar-refractivity contribution in [2.45, 2.75) is 44.9 Å². The second-order valence-corrected chi connectivity index (χ2v) is 5.66. The SMILES string of the molecule is O=C(CCCCBr)OC(=O)CCCCC#Cc1ccccc1.[NaH]. The van der Waals surface area contributed by atoms with Crippen LogP contribution < -0.4 is 0 Å². The first kappa shape index (κ1) is 22.4. The minimum atomic E-state index is -0.431. The Morgan fingerprint density at radius 2 is 1.57 bits per heavy atom. The van der Waals surface area contributed by atoms with Gasteiger partial charge in [0.25, 0.3) is 0 Å². The minimum absolute atomic E-state index is 0. The predicted octanol–water partition coefficient (Wildman–Crippen LogP) is 3.59. The molecule has 0 atom stereocenters. The summed E-state index contributed by atoms with van der Waals surface area (Å²) in [4.78, 5) is 22.8. The molecule has 0 bridgehead atoms. The Bertz CT molecular complexity index is 520. The van der Waals surface area contributed by atoms with Crippen molar-refractivity contribution in [1.82, 2.24) is 0 Å². The molecule has 0 heterocycles. The molecule has 0 N–H and O–H groups in total. The first-order valence-electron chi connectivity index (χ1n) is 7.56. The Hall–Kier alpha value is -0.600. The van der Waals surface area contributed by atoms with E-state index < -0.39 is 11.9 Å². The van der Waals surface area contributed by atoms with Crippen molar-refractivity contribution < 1.29 is 14.3 Å². The molecule has 0 aliphatic rings. The Labute approximate surface area is 169 Å². The van der Waals surface area contributed by atoms with E-state index in [1.165, 1.54) is 0 Å². The molecule has 120 valence electrons. The molecule has 0 saturated carbocycles. The van der Waals surface area contributed by atoms with Gasteiger partial charge in [-0.15, -0.1) is 0 Å². The molecule has 1 rings (SSSR count). The van der Waals surface area contributed by atoms with Crippen LogP contribution in [0.15, 0.2) is 30.3 Å². The van der Waals surface area contributed by atoms with E-state index >= 15 is 0 Å². The summed E-state index contributed by atoms with van der Waals surface area (Å²) in [6.45, 7) is 0. The molecule has 0 unspecified atom stereocenters. The van der Waals surface area contributed by atoms with E-state index in [-0.39, 0.29) is 36.0 Å². The van der Waals surface area contributed by atoms with E-state index in [1.807, 2.05) is 30.3 Å². The van der Waals surface area contributed by atoms with Crippen LogP contribution in [0.4, 0.5) is 0 Å². The molecule has 1 aromatic carbocycles. The molecule has 0 saturated heterocycles. The zero-order chi connectivity index (χ0) is 16.0. The fourth-order valence-corrected chi connectivity index (χ4v) is 2.16. The number of benzene rings is 1. The number of halogens is 1. The summed E-state index contributed by atoms with van der Waals surface area (Å²) in [6, 6.07) is 9.79. The molecular formula is C18H22BrNaO3. The number of hydrogen-bond donors (Lipinski definition) is 0. The van der Waals surface area contributed by atoms with Crippen LogP contribution in [-0.2, 0) is 14.3 Å². The summed E-state index contributed by atoms with van der Waals surface area (Å²) < 4.78 is 4.74. The standard InChI is InChI=1S/C18H21BrO3.Na.H/c19-15-9-8-14-18(21)22-17(20)13-7-2-1-4-10-16-11-5-3-6-12-16;;/h3,5-6,11-12H,1-2,7-9,13-15H2;;. The van der Waals surface area contributed by atoms with Crippen molar-refractivity contribution in [1.29, 1.82) is 0 Å². The summed E-state index contributed by atoms with van der Waals surface area (Å²) >= 11 is 3.29. The van der Waals surface area contributed by atoms with Crippen LogP contribution in [-0.4, -0.2) is 46.8 Å². The van der Waals surface area contributed by atoms with Gasteiger partial charge in [-0.05, 0) is 37.8 Å². The van der Waals surface area contributed by atoms with Crippen LogP contribution in [0.1, 0.15) is 50.5 Å². The van der Waals surface area contributed by atoms with Gasteiger partial charge in [0.1, 0.15) is 0 Å². The fourth-order valence-electron chi connectivity index (χ4n) is 1.76. The Morgan fingerprint density at radius 3 is 2.17 bits per heavy atom. The molecule has 0 fully saturated rings. The topological polar surface area (TPSA) is 43.4 Å². The number of carbonyl (C=O) groups excluding carboxylic acids is 2. The van der Waals surface area contributed by atoms with Gasteiger partial charge in [-0.25, -0.2) is 0 Å². The summed E-state index contributed by atoms with van der Waals surface area (Å²) in [6.07, 6.45) is 4.48. The van der Waals surface area contributed by atoms with E-state index in [0.717, 1.165) is 36.6 Å². The van der Waals surface area contributed by atoms with Gasteiger partial charge in [0.15, 0.2) is 0 Å². The molecule has 0 spiro atoms. The summed E-state index contributed by atoms with van der Waals surface area (Å²) in [5, 5.41) is 0.859. The van der Waals surface area contributed by atoms with Gasteiger partial charge >= 0.3 is 41.5 Å². The Balaban J connectivity index is 0.00000484. The molecule has 0 radical (unpaired) electrons. The van der Waals surface area contributed by atoms with Gasteiger partial charge in [0.2, 0.25) is 0 Å². The molecule has 1 aromatic rings. The number of alkyl halides is 1. The monoisotopic (exact) mass is 388 g/mol. The third-order valence-electron chi connectivity index (χ3n) is 2.93. The van der Waals surface area contributed by atoms with Crippen LogP contribution >= 0.6 is 15.9 Å². The van der Waals surface area contributed by atoms with Crippen LogP contribution in [0, 0.1) is 11.8 Å². The average Bonchev–Trinajstić information content (AvgIpc) is 2.52. The summed E-state index contributed by atoms with van der Waals surface area (Å²) in [5.41, 5.74) is 0.996. The molecular weight excluding hydrogens is 367 g/mol. The zero-order valence-electron chi connectivity index (χ0n) is 12.6. The maximum absolute atomic E-state index is 11.5. The average molecular weight is 389 g/mol. The number of ether oxygens (including phenoxy) is 1. The van der Waals surface area contributed by atoms with Crippen molar-refractivity contribution in [3.05, 3.63) is 35.9 Å². The summed E-state index contributed by atoms with van der Waals surface area (Å²) in [7, 11) is 0. The van der Waals surface area contributed by atoms with Crippen molar-refractivity contribution in [2.24, 2.45) is 0 Å². The predicted molar refractivity (Wildman–Crippen MR) is 97.7 cm³/mol. The molecule has 0 aliphatic heterocycles. The second kappa shape index (κ2) is 15.0. The quantitative estimate of drug-likeness (QED) is 0.171. The molecule has 0 amide bonds. The molecule has 0 aromatic heterocycles. The Morgan fingerprint density at radius 1 is 0.957 bits per heavy atom. The van der Waals surface area contributed by atoms with Gasteiger partial charge in [0.05, 0.1) is 0 Å². The molecule has 23 heavy (non-hydrogen) atoms. The van der Waals surface area contributed by atoms with Crippen LogP contribution in [0.2, 0.25) is 0 Å². The van der Waals surface area contributed by atoms with Crippen molar-refractivity contribution in [3.63, 3.8) is 0 Å². The van der Waals surface area contributed by atoms with E-state index in [1.54, 1.807) is 0 Å². The first-order chi connectivity index (χ1) is 10.7.